The fourth-order valence-corrected chi connectivity index (χ4v) is 1.94. The van der Waals surface area contributed by atoms with Gasteiger partial charge in [0.15, 0.2) is 0 Å². The first-order valence-corrected chi connectivity index (χ1v) is 7.42. The molecule has 17 heavy (non-hydrogen) atoms. The highest BCUT2D eigenvalue weighted by Gasteiger charge is 2.09. The van der Waals surface area contributed by atoms with Gasteiger partial charge in [-0.1, -0.05) is 30.3 Å². The zero-order valence-electron chi connectivity index (χ0n) is 9.76. The van der Waals surface area contributed by atoms with Gasteiger partial charge in [0, 0.05) is 19.3 Å². The van der Waals surface area contributed by atoms with E-state index in [0.29, 0.717) is 13.1 Å². The third kappa shape index (κ3) is 5.48. The molecule has 0 aliphatic rings. The summed E-state index contributed by atoms with van der Waals surface area (Å²) in [4.78, 5) is 0. The van der Waals surface area contributed by atoms with Crippen LogP contribution in [0.5, 0.6) is 0 Å². The van der Waals surface area contributed by atoms with E-state index in [1.54, 1.807) is 0 Å². The molecule has 0 saturated carbocycles. The maximum Gasteiger partial charge on any atom is 0.148 e. The summed E-state index contributed by atoms with van der Waals surface area (Å²) in [5.74, 6) is -0.143. The Hall–Kier alpha value is -1.38. The standard InChI is InChI=1S/C12H16N2O2S/c1-17(15,16)8-7-14-10-12(9-13)11-5-3-2-4-6-11/h2-6,12,14H,7-8,10H2,1H3. The van der Waals surface area contributed by atoms with E-state index in [0.717, 1.165) is 5.56 Å². The quantitative estimate of drug-likeness (QED) is 0.765. The van der Waals surface area contributed by atoms with Crippen molar-refractivity contribution in [3.8, 4) is 6.07 Å². The van der Waals surface area contributed by atoms with Crippen LogP contribution >= 0.6 is 0 Å². The summed E-state index contributed by atoms with van der Waals surface area (Å²) in [5.41, 5.74) is 0.946. The van der Waals surface area contributed by atoms with Gasteiger partial charge in [0.1, 0.15) is 9.84 Å². The Labute approximate surface area is 102 Å². The third-order valence-corrected chi connectivity index (χ3v) is 3.30. The molecule has 1 aromatic carbocycles. The van der Waals surface area contributed by atoms with E-state index in [4.69, 9.17) is 5.26 Å². The van der Waals surface area contributed by atoms with Crippen LogP contribution in [0, 0.1) is 11.3 Å². The summed E-state index contributed by atoms with van der Waals surface area (Å²) in [7, 11) is -2.94. The largest absolute Gasteiger partial charge is 0.314 e. The predicted molar refractivity (Wildman–Crippen MR) is 67.4 cm³/mol. The summed E-state index contributed by atoms with van der Waals surface area (Å²) in [6, 6.07) is 11.7. The van der Waals surface area contributed by atoms with Crippen LogP contribution in [-0.2, 0) is 9.84 Å². The topological polar surface area (TPSA) is 70.0 Å². The van der Waals surface area contributed by atoms with Gasteiger partial charge in [0.2, 0.25) is 0 Å². The molecule has 1 rings (SSSR count). The van der Waals surface area contributed by atoms with Crippen LogP contribution in [0.4, 0.5) is 0 Å². The average Bonchev–Trinajstić information content (AvgIpc) is 2.29. The molecule has 0 heterocycles. The van der Waals surface area contributed by atoms with Gasteiger partial charge >= 0.3 is 0 Å². The lowest BCUT2D eigenvalue weighted by Crippen LogP contribution is -2.26. The van der Waals surface area contributed by atoms with Gasteiger partial charge in [0.05, 0.1) is 17.7 Å². The van der Waals surface area contributed by atoms with Crippen molar-refractivity contribution in [1.82, 2.24) is 5.32 Å². The van der Waals surface area contributed by atoms with Crippen molar-refractivity contribution in [2.24, 2.45) is 0 Å². The molecular weight excluding hydrogens is 236 g/mol. The van der Waals surface area contributed by atoms with Crippen molar-refractivity contribution in [2.45, 2.75) is 5.92 Å². The van der Waals surface area contributed by atoms with Crippen molar-refractivity contribution < 1.29 is 8.42 Å². The van der Waals surface area contributed by atoms with Crippen molar-refractivity contribution >= 4 is 9.84 Å². The van der Waals surface area contributed by atoms with E-state index in [2.05, 4.69) is 11.4 Å². The summed E-state index contributed by atoms with van der Waals surface area (Å²) < 4.78 is 21.8. The molecule has 1 N–H and O–H groups in total. The van der Waals surface area contributed by atoms with E-state index >= 15 is 0 Å². The summed E-state index contributed by atoms with van der Waals surface area (Å²) in [5, 5.41) is 12.0. The number of benzene rings is 1. The molecule has 0 radical (unpaired) electrons. The van der Waals surface area contributed by atoms with Crippen LogP contribution in [0.15, 0.2) is 30.3 Å². The molecule has 92 valence electrons. The number of hydrogen-bond acceptors (Lipinski definition) is 4. The minimum absolute atomic E-state index is 0.0972. The third-order valence-electron chi connectivity index (χ3n) is 2.36. The van der Waals surface area contributed by atoms with E-state index in [-0.39, 0.29) is 11.7 Å². The first-order chi connectivity index (χ1) is 8.03. The Morgan fingerprint density at radius 3 is 2.53 bits per heavy atom. The van der Waals surface area contributed by atoms with Crippen LogP contribution in [0.2, 0.25) is 0 Å². The molecule has 4 nitrogen and oxygen atoms in total. The fraction of sp³-hybridized carbons (Fsp3) is 0.417. The number of nitrogens with one attached hydrogen (secondary N) is 1. The van der Waals surface area contributed by atoms with Gasteiger partial charge in [-0.05, 0) is 5.56 Å². The minimum atomic E-state index is -2.94. The number of nitrogens with zero attached hydrogens (tertiary/aromatic N) is 1. The van der Waals surface area contributed by atoms with Gasteiger partial charge in [-0.3, -0.25) is 0 Å². The van der Waals surface area contributed by atoms with Gasteiger partial charge in [-0.25, -0.2) is 8.42 Å². The van der Waals surface area contributed by atoms with Gasteiger partial charge < -0.3 is 5.32 Å². The Morgan fingerprint density at radius 2 is 2.00 bits per heavy atom. The fourth-order valence-electron chi connectivity index (χ4n) is 1.43. The lowest BCUT2D eigenvalue weighted by atomic mass is 10.0. The van der Waals surface area contributed by atoms with Gasteiger partial charge in [-0.15, -0.1) is 0 Å². The molecule has 0 aliphatic carbocycles. The number of sulfone groups is 1. The van der Waals surface area contributed by atoms with Crippen LogP contribution in [0.25, 0.3) is 0 Å². The Kier molecular flexibility index (Phi) is 5.13. The maximum atomic E-state index is 10.9. The average molecular weight is 252 g/mol. The molecular formula is C12H16N2O2S. The normalized spacial score (nSPS) is 12.9. The summed E-state index contributed by atoms with van der Waals surface area (Å²) >= 11 is 0. The van der Waals surface area contributed by atoms with Crippen molar-refractivity contribution in [3.05, 3.63) is 35.9 Å². The van der Waals surface area contributed by atoms with Crippen molar-refractivity contribution in [3.63, 3.8) is 0 Å². The summed E-state index contributed by atoms with van der Waals surface area (Å²) in [6.45, 7) is 0.847. The van der Waals surface area contributed by atoms with E-state index in [1.807, 2.05) is 30.3 Å². The predicted octanol–water partition coefficient (Wildman–Crippen LogP) is 0.928. The molecule has 0 spiro atoms. The van der Waals surface area contributed by atoms with E-state index in [9.17, 15) is 8.42 Å². The highest BCUT2D eigenvalue weighted by atomic mass is 32.2. The van der Waals surface area contributed by atoms with Crippen LogP contribution in [-0.4, -0.2) is 33.5 Å². The molecule has 0 amide bonds. The molecule has 0 fully saturated rings. The Morgan fingerprint density at radius 1 is 1.35 bits per heavy atom. The second-order valence-electron chi connectivity index (χ2n) is 3.93. The number of nitriles is 1. The smallest absolute Gasteiger partial charge is 0.148 e. The first-order valence-electron chi connectivity index (χ1n) is 5.36. The second kappa shape index (κ2) is 6.38. The van der Waals surface area contributed by atoms with Crippen molar-refractivity contribution in [2.75, 3.05) is 25.1 Å². The van der Waals surface area contributed by atoms with Crippen LogP contribution < -0.4 is 5.32 Å². The Bertz CT molecular complexity index is 477. The SMILES string of the molecule is CS(=O)(=O)CCNCC(C#N)c1ccccc1. The van der Waals surface area contributed by atoms with Gasteiger partial charge in [-0.2, -0.15) is 5.26 Å². The van der Waals surface area contributed by atoms with Crippen LogP contribution in [0.1, 0.15) is 11.5 Å². The highest BCUT2D eigenvalue weighted by Crippen LogP contribution is 2.12. The number of hydrogen-bond donors (Lipinski definition) is 1. The Balaban J connectivity index is 2.43. The molecule has 0 aromatic heterocycles. The maximum absolute atomic E-state index is 10.9. The molecule has 1 atom stereocenters. The monoisotopic (exact) mass is 252 g/mol. The molecule has 1 aromatic rings. The minimum Gasteiger partial charge on any atom is -0.314 e. The van der Waals surface area contributed by atoms with Crippen LogP contribution in [0.3, 0.4) is 0 Å². The van der Waals surface area contributed by atoms with Crippen molar-refractivity contribution in [1.29, 1.82) is 5.26 Å². The highest BCUT2D eigenvalue weighted by molar-refractivity contribution is 7.90. The molecule has 0 aliphatic heterocycles. The van der Waals surface area contributed by atoms with E-state index in [1.165, 1.54) is 6.26 Å². The van der Waals surface area contributed by atoms with Gasteiger partial charge in [0.25, 0.3) is 0 Å². The number of rotatable bonds is 6. The molecule has 0 bridgehead atoms. The molecule has 0 saturated heterocycles. The molecule has 1 unspecified atom stereocenters. The zero-order valence-corrected chi connectivity index (χ0v) is 10.6. The zero-order chi connectivity index (χ0) is 12.7. The molecule has 5 heteroatoms. The lowest BCUT2D eigenvalue weighted by Gasteiger charge is -2.10. The summed E-state index contributed by atoms with van der Waals surface area (Å²) in [6.07, 6.45) is 1.20. The first kappa shape index (κ1) is 13.7. The van der Waals surface area contributed by atoms with E-state index < -0.39 is 9.84 Å². The second-order valence-corrected chi connectivity index (χ2v) is 6.19. The lowest BCUT2D eigenvalue weighted by molar-refractivity contribution is 0.594.